The molecule has 0 aliphatic carbocycles. The van der Waals surface area contributed by atoms with Gasteiger partial charge in [0.05, 0.1) is 23.4 Å². The number of hydrogen-bond acceptors (Lipinski definition) is 6. The second kappa shape index (κ2) is 8.99. The monoisotopic (exact) mass is 369 g/mol. The summed E-state index contributed by atoms with van der Waals surface area (Å²) < 4.78 is 9.94. The lowest BCUT2D eigenvalue weighted by Gasteiger charge is -2.07. The molecule has 0 heterocycles. The van der Waals surface area contributed by atoms with E-state index in [0.717, 1.165) is 6.20 Å². The Labute approximate surface area is 136 Å². The van der Waals surface area contributed by atoms with Crippen LogP contribution in [0.4, 0.5) is 5.69 Å². The van der Waals surface area contributed by atoms with E-state index in [1.54, 1.807) is 32.0 Å². The van der Waals surface area contributed by atoms with Crippen molar-refractivity contribution in [3.05, 3.63) is 50.7 Å². The highest BCUT2D eigenvalue weighted by Gasteiger charge is 2.21. The van der Waals surface area contributed by atoms with Crippen LogP contribution in [-0.2, 0) is 19.1 Å². The molecule has 1 rings (SSSR count). The van der Waals surface area contributed by atoms with Crippen LogP contribution in [0.3, 0.4) is 0 Å². The van der Waals surface area contributed by atoms with Crippen molar-refractivity contribution >= 4 is 33.6 Å². The largest absolute Gasteiger partial charge is 0.462 e. The molecule has 0 amide bonds. The lowest BCUT2D eigenvalue weighted by atomic mass is 10.3. The van der Waals surface area contributed by atoms with Gasteiger partial charge in [0.15, 0.2) is 5.57 Å². The van der Waals surface area contributed by atoms with Gasteiger partial charge >= 0.3 is 11.9 Å². The van der Waals surface area contributed by atoms with Crippen LogP contribution < -0.4 is 10.7 Å². The molecule has 0 atom stereocenters. The maximum Gasteiger partial charge on any atom is 0.347 e. The van der Waals surface area contributed by atoms with Crippen molar-refractivity contribution in [2.45, 2.75) is 13.8 Å². The summed E-state index contributed by atoms with van der Waals surface area (Å²) in [6, 6.07) is 6.45. The van der Waals surface area contributed by atoms with Crippen molar-refractivity contribution in [2.24, 2.45) is 0 Å². The Bertz CT molecular complexity index is 622. The Balaban J connectivity index is 3.11. The van der Waals surface area contributed by atoms with E-state index in [-0.39, 0.29) is 29.9 Å². The van der Waals surface area contributed by atoms with Crippen LogP contribution in [0.25, 0.3) is 0 Å². The van der Waals surface area contributed by atoms with E-state index < -0.39 is 11.9 Å². The molecule has 0 bridgehead atoms. The van der Waals surface area contributed by atoms with Gasteiger partial charge in [-0.25, -0.2) is 9.59 Å². The Morgan fingerprint density at radius 2 is 1.68 bits per heavy atom. The zero-order chi connectivity index (χ0) is 16.5. The van der Waals surface area contributed by atoms with Crippen molar-refractivity contribution in [2.75, 3.05) is 18.5 Å². The summed E-state index contributed by atoms with van der Waals surface area (Å²) in [4.78, 5) is 35.6. The summed E-state index contributed by atoms with van der Waals surface area (Å²) in [7, 11) is 0. The number of hydrogen-bond donors (Lipinski definition) is 1. The highest BCUT2D eigenvalue weighted by molar-refractivity contribution is 9.10. The summed E-state index contributed by atoms with van der Waals surface area (Å²) >= 11 is 3.13. The molecule has 0 radical (unpaired) electrons. The average molecular weight is 370 g/mol. The molecule has 6 nitrogen and oxygen atoms in total. The van der Waals surface area contributed by atoms with Crippen molar-refractivity contribution in [3.63, 3.8) is 0 Å². The molecule has 1 aromatic rings. The molecule has 1 aromatic carbocycles. The van der Waals surface area contributed by atoms with E-state index >= 15 is 0 Å². The zero-order valence-corrected chi connectivity index (χ0v) is 13.8. The Hall–Kier alpha value is -2.15. The third-order valence-corrected chi connectivity index (χ3v) is 3.07. The molecule has 0 saturated heterocycles. The number of carbonyl (C=O) groups excluding carboxylic acids is 2. The molecule has 0 aliphatic rings. The SMILES string of the molecule is CCOC(=O)C(=CNc1ccccc(Br)c1=O)C(=O)OCC. The first-order chi connectivity index (χ1) is 10.5. The minimum absolute atomic E-state index is 0.119. The summed E-state index contributed by atoms with van der Waals surface area (Å²) in [5.41, 5.74) is -0.429. The minimum atomic E-state index is -0.819. The van der Waals surface area contributed by atoms with Gasteiger partial charge in [-0.1, -0.05) is 12.1 Å². The van der Waals surface area contributed by atoms with E-state index in [2.05, 4.69) is 21.2 Å². The molecule has 0 aromatic heterocycles. The van der Waals surface area contributed by atoms with Crippen LogP contribution in [0.15, 0.2) is 45.3 Å². The normalized spacial score (nSPS) is 9.59. The van der Waals surface area contributed by atoms with Gasteiger partial charge in [0.1, 0.15) is 0 Å². The fourth-order valence-corrected chi connectivity index (χ4v) is 1.82. The van der Waals surface area contributed by atoms with Gasteiger partial charge in [-0.05, 0) is 41.9 Å². The molecule has 7 heteroatoms. The first-order valence-electron chi connectivity index (χ1n) is 6.61. The Morgan fingerprint density at radius 3 is 2.23 bits per heavy atom. The van der Waals surface area contributed by atoms with Gasteiger partial charge < -0.3 is 14.8 Å². The fourth-order valence-electron chi connectivity index (χ4n) is 1.45. The minimum Gasteiger partial charge on any atom is -0.462 e. The van der Waals surface area contributed by atoms with Gasteiger partial charge in [0.2, 0.25) is 5.43 Å². The molecule has 118 valence electrons. The van der Waals surface area contributed by atoms with Crippen LogP contribution in [0.1, 0.15) is 13.8 Å². The summed E-state index contributed by atoms with van der Waals surface area (Å²) in [5.74, 6) is -1.64. The predicted octanol–water partition coefficient (Wildman–Crippen LogP) is 2.23. The Morgan fingerprint density at radius 1 is 1.14 bits per heavy atom. The first kappa shape index (κ1) is 17.9. The number of ether oxygens (including phenoxy) is 2. The second-order valence-corrected chi connectivity index (χ2v) is 4.81. The summed E-state index contributed by atoms with van der Waals surface area (Å²) in [6.07, 6.45) is 1.11. The van der Waals surface area contributed by atoms with Crippen LogP contribution in [-0.4, -0.2) is 25.2 Å². The van der Waals surface area contributed by atoms with E-state index in [0.29, 0.717) is 4.47 Å². The molecule has 0 aliphatic heterocycles. The van der Waals surface area contributed by atoms with Gasteiger partial charge in [-0.2, -0.15) is 0 Å². The van der Waals surface area contributed by atoms with Crippen molar-refractivity contribution in [1.29, 1.82) is 0 Å². The van der Waals surface area contributed by atoms with Crippen LogP contribution in [0.5, 0.6) is 0 Å². The molecule has 0 spiro atoms. The molecule has 22 heavy (non-hydrogen) atoms. The third kappa shape index (κ3) is 5.00. The third-order valence-electron chi connectivity index (χ3n) is 2.44. The maximum atomic E-state index is 12.0. The number of rotatable bonds is 6. The quantitative estimate of drug-likeness (QED) is 0.358. The van der Waals surface area contributed by atoms with E-state index in [4.69, 9.17) is 9.47 Å². The second-order valence-electron chi connectivity index (χ2n) is 3.95. The number of halogens is 1. The molecular formula is C15H16BrNO5. The summed E-state index contributed by atoms with van der Waals surface area (Å²) in [5, 5.41) is 2.65. The van der Waals surface area contributed by atoms with Crippen LogP contribution in [0, 0.1) is 0 Å². The molecule has 0 saturated carbocycles. The number of carbonyl (C=O) groups is 2. The smallest absolute Gasteiger partial charge is 0.347 e. The number of anilines is 1. The zero-order valence-electron chi connectivity index (χ0n) is 12.2. The van der Waals surface area contributed by atoms with Crippen LogP contribution in [0.2, 0.25) is 0 Å². The summed E-state index contributed by atoms with van der Waals surface area (Å²) in [6.45, 7) is 3.48. The number of esters is 2. The van der Waals surface area contributed by atoms with Gasteiger partial charge in [-0.15, -0.1) is 0 Å². The van der Waals surface area contributed by atoms with Gasteiger partial charge in [-0.3, -0.25) is 4.79 Å². The van der Waals surface area contributed by atoms with E-state index in [9.17, 15) is 14.4 Å². The molecule has 0 fully saturated rings. The average Bonchev–Trinajstić information content (AvgIpc) is 2.63. The molecule has 1 N–H and O–H groups in total. The Kier molecular flexibility index (Phi) is 7.31. The number of nitrogens with one attached hydrogen (secondary N) is 1. The topological polar surface area (TPSA) is 81.7 Å². The maximum absolute atomic E-state index is 12.0. The lowest BCUT2D eigenvalue weighted by Crippen LogP contribution is -2.20. The highest BCUT2D eigenvalue weighted by Crippen LogP contribution is 2.08. The van der Waals surface area contributed by atoms with Crippen molar-refractivity contribution < 1.29 is 19.1 Å². The van der Waals surface area contributed by atoms with E-state index in [1.165, 1.54) is 6.07 Å². The first-order valence-corrected chi connectivity index (χ1v) is 7.40. The van der Waals surface area contributed by atoms with Crippen LogP contribution >= 0.6 is 15.9 Å². The molecular weight excluding hydrogens is 354 g/mol. The predicted molar refractivity (Wildman–Crippen MR) is 85.4 cm³/mol. The van der Waals surface area contributed by atoms with E-state index in [1.807, 2.05) is 0 Å². The van der Waals surface area contributed by atoms with Crippen molar-refractivity contribution in [1.82, 2.24) is 0 Å². The van der Waals surface area contributed by atoms with Gasteiger partial charge in [0, 0.05) is 6.20 Å². The molecule has 0 unspecified atom stereocenters. The lowest BCUT2D eigenvalue weighted by molar-refractivity contribution is -0.146. The fraction of sp³-hybridized carbons (Fsp3) is 0.267. The van der Waals surface area contributed by atoms with Crippen molar-refractivity contribution in [3.8, 4) is 0 Å². The highest BCUT2D eigenvalue weighted by atomic mass is 79.9. The van der Waals surface area contributed by atoms with Gasteiger partial charge in [0.25, 0.3) is 0 Å². The standard InChI is InChI=1S/C15H16BrNO5/c1-3-21-14(19)10(15(20)22-4-2)9-17-12-8-6-5-7-11(16)13(12)18/h5-9H,3-4H2,1-2H3,(H,17,18).